The van der Waals surface area contributed by atoms with Gasteiger partial charge >= 0.3 is 6.18 Å². The van der Waals surface area contributed by atoms with Gasteiger partial charge in [-0.05, 0) is 55.2 Å². The fourth-order valence-corrected chi connectivity index (χ4v) is 2.87. The Labute approximate surface area is 123 Å². The van der Waals surface area contributed by atoms with Crippen LogP contribution in [-0.2, 0) is 0 Å². The molecule has 112 valence electrons. The molecule has 1 aliphatic carbocycles. The maximum atomic E-state index is 12.1. The van der Waals surface area contributed by atoms with E-state index in [2.05, 4.69) is 6.07 Å². The van der Waals surface area contributed by atoms with E-state index in [0.717, 1.165) is 25.7 Å². The molecule has 1 aliphatic rings. The molecule has 1 aromatic carbocycles. The molecule has 0 saturated heterocycles. The molecule has 0 atom stereocenters. The van der Waals surface area contributed by atoms with E-state index >= 15 is 0 Å². The Morgan fingerprint density at radius 2 is 1.71 bits per heavy atom. The highest BCUT2D eigenvalue weighted by Crippen LogP contribution is 2.36. The van der Waals surface area contributed by atoms with Gasteiger partial charge in [-0.1, -0.05) is 24.3 Å². The number of rotatable bonds is 3. The van der Waals surface area contributed by atoms with Crippen molar-refractivity contribution in [2.24, 2.45) is 5.92 Å². The molecule has 0 aliphatic heterocycles. The molecular weight excluding hydrogens is 275 g/mol. The molecule has 4 heteroatoms. The highest BCUT2D eigenvalue weighted by Gasteiger charge is 2.25. The van der Waals surface area contributed by atoms with Crippen molar-refractivity contribution < 1.29 is 13.2 Å². The van der Waals surface area contributed by atoms with Gasteiger partial charge in [0.15, 0.2) is 0 Å². The van der Waals surface area contributed by atoms with Gasteiger partial charge in [0.2, 0.25) is 0 Å². The van der Waals surface area contributed by atoms with E-state index in [0.29, 0.717) is 11.5 Å². The number of allylic oxidation sites excluding steroid dienone is 2. The maximum Gasteiger partial charge on any atom is 0.392 e. The van der Waals surface area contributed by atoms with E-state index < -0.39 is 12.6 Å². The first-order valence-electron chi connectivity index (χ1n) is 7.21. The van der Waals surface area contributed by atoms with Gasteiger partial charge in [-0.2, -0.15) is 18.4 Å². The lowest BCUT2D eigenvalue weighted by atomic mass is 9.78. The van der Waals surface area contributed by atoms with Crippen molar-refractivity contribution in [1.29, 1.82) is 5.26 Å². The van der Waals surface area contributed by atoms with Gasteiger partial charge in [0.1, 0.15) is 0 Å². The summed E-state index contributed by atoms with van der Waals surface area (Å²) < 4.78 is 36.2. The van der Waals surface area contributed by atoms with Crippen molar-refractivity contribution in [3.63, 3.8) is 0 Å². The first kappa shape index (κ1) is 15.6. The van der Waals surface area contributed by atoms with Crippen LogP contribution < -0.4 is 0 Å². The molecule has 2 rings (SSSR count). The second kappa shape index (κ2) is 6.80. The molecule has 0 unspecified atom stereocenters. The largest absolute Gasteiger partial charge is 0.392 e. The Morgan fingerprint density at radius 3 is 2.24 bits per heavy atom. The van der Waals surface area contributed by atoms with Gasteiger partial charge < -0.3 is 0 Å². The zero-order valence-corrected chi connectivity index (χ0v) is 11.7. The van der Waals surface area contributed by atoms with Gasteiger partial charge in [0.05, 0.1) is 18.1 Å². The van der Waals surface area contributed by atoms with Gasteiger partial charge in [0, 0.05) is 0 Å². The van der Waals surface area contributed by atoms with Crippen LogP contribution in [0, 0.1) is 17.2 Å². The predicted molar refractivity (Wildman–Crippen MR) is 75.7 cm³/mol. The van der Waals surface area contributed by atoms with Gasteiger partial charge in [-0.15, -0.1) is 0 Å². The number of alkyl halides is 3. The van der Waals surface area contributed by atoms with Crippen LogP contribution in [0.15, 0.2) is 36.4 Å². The summed E-state index contributed by atoms with van der Waals surface area (Å²) in [5.74, 6) is 0.729. The average molecular weight is 293 g/mol. The Bertz CT molecular complexity index is 514. The molecule has 1 saturated carbocycles. The van der Waals surface area contributed by atoms with Gasteiger partial charge in [-0.25, -0.2) is 0 Å². The van der Waals surface area contributed by atoms with E-state index in [-0.39, 0.29) is 5.92 Å². The van der Waals surface area contributed by atoms with Crippen molar-refractivity contribution in [2.45, 2.75) is 44.2 Å². The van der Waals surface area contributed by atoms with Crippen LogP contribution in [0.1, 0.15) is 49.1 Å². The smallest absolute Gasteiger partial charge is 0.192 e. The standard InChI is InChI=1S/C17H18F3N/c18-17(19,20)11-1-2-13-3-7-15(8-4-13)16-9-5-14(12-21)6-10-16/h1-2,5-6,9-10,13,15H,3-4,7-8,11H2/b2-1+. The third-order valence-electron chi connectivity index (χ3n) is 4.04. The second-order valence-corrected chi connectivity index (χ2v) is 5.59. The molecule has 1 nitrogen and oxygen atoms in total. The molecule has 0 heterocycles. The number of hydrogen-bond acceptors (Lipinski definition) is 1. The molecule has 21 heavy (non-hydrogen) atoms. The summed E-state index contributed by atoms with van der Waals surface area (Å²) >= 11 is 0. The van der Waals surface area contributed by atoms with Crippen molar-refractivity contribution >= 4 is 0 Å². The Hall–Kier alpha value is -1.76. The highest BCUT2D eigenvalue weighted by atomic mass is 19.4. The number of halogens is 3. The predicted octanol–water partition coefficient (Wildman–Crippen LogP) is 5.34. The van der Waals surface area contributed by atoms with E-state index in [1.807, 2.05) is 24.3 Å². The zero-order chi connectivity index (χ0) is 15.3. The van der Waals surface area contributed by atoms with Crippen molar-refractivity contribution in [3.8, 4) is 6.07 Å². The topological polar surface area (TPSA) is 23.8 Å². The number of nitrogens with zero attached hydrogens (tertiary/aromatic N) is 1. The zero-order valence-electron chi connectivity index (χ0n) is 11.7. The Balaban J connectivity index is 1.84. The third kappa shape index (κ3) is 4.93. The molecule has 0 N–H and O–H groups in total. The summed E-state index contributed by atoms with van der Waals surface area (Å²) in [6.07, 6.45) is 1.89. The van der Waals surface area contributed by atoms with Crippen LogP contribution in [-0.4, -0.2) is 6.18 Å². The molecular formula is C17H18F3N. The SMILES string of the molecule is N#Cc1ccc(C2CCC(/C=C/CC(F)(F)F)CC2)cc1. The van der Waals surface area contributed by atoms with E-state index in [1.165, 1.54) is 11.6 Å². The fraction of sp³-hybridized carbons (Fsp3) is 0.471. The van der Waals surface area contributed by atoms with Crippen molar-refractivity contribution in [1.82, 2.24) is 0 Å². The first-order chi connectivity index (χ1) is 9.98. The van der Waals surface area contributed by atoms with E-state index in [1.54, 1.807) is 6.08 Å². The lowest BCUT2D eigenvalue weighted by Gasteiger charge is -2.27. The lowest BCUT2D eigenvalue weighted by molar-refractivity contribution is -0.125. The minimum absolute atomic E-state index is 0.266. The lowest BCUT2D eigenvalue weighted by Crippen LogP contribution is -2.12. The summed E-state index contributed by atoms with van der Waals surface area (Å²) in [4.78, 5) is 0. The molecule has 0 radical (unpaired) electrons. The number of nitriles is 1. The second-order valence-electron chi connectivity index (χ2n) is 5.59. The van der Waals surface area contributed by atoms with Crippen LogP contribution in [0.4, 0.5) is 13.2 Å². The summed E-state index contributed by atoms with van der Waals surface area (Å²) in [6, 6.07) is 9.72. The number of benzene rings is 1. The Kier molecular flexibility index (Phi) is 5.06. The minimum atomic E-state index is -4.10. The van der Waals surface area contributed by atoms with Crippen molar-refractivity contribution in [3.05, 3.63) is 47.5 Å². The molecule has 1 fully saturated rings. The van der Waals surface area contributed by atoms with Crippen LogP contribution in [0.2, 0.25) is 0 Å². The highest BCUT2D eigenvalue weighted by molar-refractivity contribution is 5.33. The summed E-state index contributed by atoms with van der Waals surface area (Å²) in [5, 5.41) is 8.78. The molecule has 0 bridgehead atoms. The molecule has 0 spiro atoms. The minimum Gasteiger partial charge on any atom is -0.192 e. The monoisotopic (exact) mass is 293 g/mol. The van der Waals surface area contributed by atoms with E-state index in [9.17, 15) is 13.2 Å². The molecule has 1 aromatic rings. The number of hydrogen-bond donors (Lipinski definition) is 0. The van der Waals surface area contributed by atoms with Crippen LogP contribution >= 0.6 is 0 Å². The molecule has 0 amide bonds. The third-order valence-corrected chi connectivity index (χ3v) is 4.04. The first-order valence-corrected chi connectivity index (χ1v) is 7.21. The Morgan fingerprint density at radius 1 is 1.10 bits per heavy atom. The molecule has 0 aromatic heterocycles. The van der Waals surface area contributed by atoms with Gasteiger partial charge in [0.25, 0.3) is 0 Å². The normalized spacial score (nSPS) is 23.1. The quantitative estimate of drug-likeness (QED) is 0.690. The van der Waals surface area contributed by atoms with E-state index in [4.69, 9.17) is 5.26 Å². The van der Waals surface area contributed by atoms with Crippen LogP contribution in [0.3, 0.4) is 0 Å². The average Bonchev–Trinajstić information content (AvgIpc) is 2.47. The van der Waals surface area contributed by atoms with Crippen LogP contribution in [0.5, 0.6) is 0 Å². The van der Waals surface area contributed by atoms with Gasteiger partial charge in [-0.3, -0.25) is 0 Å². The summed E-state index contributed by atoms with van der Waals surface area (Å²) in [7, 11) is 0. The van der Waals surface area contributed by atoms with Crippen LogP contribution in [0.25, 0.3) is 0 Å². The summed E-state index contributed by atoms with van der Waals surface area (Å²) in [6.45, 7) is 0. The maximum absolute atomic E-state index is 12.1. The van der Waals surface area contributed by atoms with Crippen molar-refractivity contribution in [2.75, 3.05) is 0 Å². The summed E-state index contributed by atoms with van der Waals surface area (Å²) in [5.41, 5.74) is 1.88. The fourth-order valence-electron chi connectivity index (χ4n) is 2.87.